The number of carbonyl (C=O) groups excluding carboxylic acids is 1. The Morgan fingerprint density at radius 3 is 2.64 bits per heavy atom. The molecule has 132 valence electrons. The fourth-order valence-electron chi connectivity index (χ4n) is 3.30. The second kappa shape index (κ2) is 7.74. The summed E-state index contributed by atoms with van der Waals surface area (Å²) in [6.07, 6.45) is 5.83. The van der Waals surface area contributed by atoms with Crippen LogP contribution in [0.25, 0.3) is 0 Å². The van der Waals surface area contributed by atoms with Gasteiger partial charge in [-0.2, -0.15) is 0 Å². The summed E-state index contributed by atoms with van der Waals surface area (Å²) in [5, 5.41) is 10.7. The largest absolute Gasteiger partial charge is 0.389 e. The molecule has 0 unspecified atom stereocenters. The second-order valence-electron chi connectivity index (χ2n) is 6.73. The van der Waals surface area contributed by atoms with Crippen molar-refractivity contribution in [2.75, 3.05) is 13.1 Å². The number of rotatable bonds is 5. The summed E-state index contributed by atoms with van der Waals surface area (Å²) >= 11 is 0. The molecule has 1 aromatic heterocycles. The van der Waals surface area contributed by atoms with E-state index in [1.807, 2.05) is 12.1 Å². The lowest BCUT2D eigenvalue weighted by molar-refractivity contribution is -0.135. The van der Waals surface area contributed by atoms with Crippen molar-refractivity contribution in [3.63, 3.8) is 0 Å². The van der Waals surface area contributed by atoms with Gasteiger partial charge in [-0.1, -0.05) is 24.3 Å². The summed E-state index contributed by atoms with van der Waals surface area (Å²) in [6.45, 7) is 1.02. The molecule has 1 aromatic carbocycles. The maximum absolute atomic E-state index is 13.8. The number of carbonyl (C=O) groups is 1. The Morgan fingerprint density at radius 2 is 1.96 bits per heavy atom. The Bertz CT molecular complexity index is 713. The SMILES string of the molecule is O=C(CCc1cccnc1)N1CCC(O)(Cc2ccccc2F)CC1. The number of benzene rings is 1. The average molecular weight is 342 g/mol. The molecule has 0 aliphatic carbocycles. The molecule has 0 atom stereocenters. The molecule has 25 heavy (non-hydrogen) atoms. The van der Waals surface area contributed by atoms with Crippen molar-refractivity contribution in [3.05, 3.63) is 65.7 Å². The van der Waals surface area contributed by atoms with E-state index in [9.17, 15) is 14.3 Å². The van der Waals surface area contributed by atoms with E-state index in [2.05, 4.69) is 4.98 Å². The number of aryl methyl sites for hydroxylation is 1. The average Bonchev–Trinajstić information content (AvgIpc) is 2.63. The molecule has 2 aromatic rings. The molecule has 1 saturated heterocycles. The van der Waals surface area contributed by atoms with E-state index in [0.29, 0.717) is 44.3 Å². The zero-order valence-corrected chi connectivity index (χ0v) is 14.2. The van der Waals surface area contributed by atoms with Crippen molar-refractivity contribution >= 4 is 5.91 Å². The molecule has 4 nitrogen and oxygen atoms in total. The van der Waals surface area contributed by atoms with Crippen LogP contribution in [0.2, 0.25) is 0 Å². The highest BCUT2D eigenvalue weighted by Gasteiger charge is 2.34. The van der Waals surface area contributed by atoms with Gasteiger partial charge in [0.25, 0.3) is 0 Å². The Hall–Kier alpha value is -2.27. The third-order valence-electron chi connectivity index (χ3n) is 4.87. The van der Waals surface area contributed by atoms with E-state index in [-0.39, 0.29) is 18.1 Å². The summed E-state index contributed by atoms with van der Waals surface area (Å²) in [5.74, 6) is -0.192. The lowest BCUT2D eigenvalue weighted by atomic mass is 9.85. The van der Waals surface area contributed by atoms with Gasteiger partial charge in [0.05, 0.1) is 5.60 Å². The number of hydrogen-bond acceptors (Lipinski definition) is 3. The van der Waals surface area contributed by atoms with Crippen molar-refractivity contribution in [1.29, 1.82) is 0 Å². The van der Waals surface area contributed by atoms with Crippen LogP contribution in [0, 0.1) is 5.82 Å². The van der Waals surface area contributed by atoms with E-state index < -0.39 is 5.60 Å². The van der Waals surface area contributed by atoms with Crippen LogP contribution in [-0.4, -0.2) is 39.6 Å². The van der Waals surface area contributed by atoms with E-state index >= 15 is 0 Å². The highest BCUT2D eigenvalue weighted by atomic mass is 19.1. The van der Waals surface area contributed by atoms with Gasteiger partial charge in [-0.25, -0.2) is 4.39 Å². The van der Waals surface area contributed by atoms with Crippen LogP contribution in [-0.2, 0) is 17.6 Å². The first-order valence-corrected chi connectivity index (χ1v) is 8.68. The maximum Gasteiger partial charge on any atom is 0.222 e. The van der Waals surface area contributed by atoms with Gasteiger partial charge in [-0.05, 0) is 42.5 Å². The topological polar surface area (TPSA) is 53.4 Å². The van der Waals surface area contributed by atoms with Gasteiger partial charge >= 0.3 is 0 Å². The molecule has 0 radical (unpaired) electrons. The van der Waals surface area contributed by atoms with Crippen LogP contribution in [0.3, 0.4) is 0 Å². The molecule has 1 N–H and O–H groups in total. The summed E-state index contributed by atoms with van der Waals surface area (Å²) in [5.41, 5.74) is 0.632. The molecule has 0 bridgehead atoms. The summed E-state index contributed by atoms with van der Waals surface area (Å²) in [7, 11) is 0. The van der Waals surface area contributed by atoms with Gasteiger partial charge in [0.1, 0.15) is 5.82 Å². The smallest absolute Gasteiger partial charge is 0.222 e. The van der Waals surface area contributed by atoms with Gasteiger partial charge in [0, 0.05) is 38.3 Å². The number of hydrogen-bond donors (Lipinski definition) is 1. The number of nitrogens with zero attached hydrogens (tertiary/aromatic N) is 2. The van der Waals surface area contributed by atoms with Crippen LogP contribution in [0.1, 0.15) is 30.4 Å². The first-order chi connectivity index (χ1) is 12.1. The predicted molar refractivity (Wildman–Crippen MR) is 93.4 cm³/mol. The van der Waals surface area contributed by atoms with Gasteiger partial charge in [0.2, 0.25) is 5.91 Å². The Morgan fingerprint density at radius 1 is 1.20 bits per heavy atom. The molecule has 1 aliphatic heterocycles. The van der Waals surface area contributed by atoms with Crippen LogP contribution in [0.4, 0.5) is 4.39 Å². The molecule has 1 aliphatic rings. The molecule has 1 amide bonds. The maximum atomic E-state index is 13.8. The van der Waals surface area contributed by atoms with Crippen LogP contribution in [0.5, 0.6) is 0 Å². The number of aliphatic hydroxyl groups is 1. The Balaban J connectivity index is 1.50. The quantitative estimate of drug-likeness (QED) is 0.909. The molecule has 2 heterocycles. The zero-order valence-electron chi connectivity index (χ0n) is 14.2. The number of pyridine rings is 1. The van der Waals surface area contributed by atoms with Gasteiger partial charge in [-0.15, -0.1) is 0 Å². The number of aromatic nitrogens is 1. The van der Waals surface area contributed by atoms with Crippen molar-refractivity contribution in [2.24, 2.45) is 0 Å². The summed E-state index contributed by atoms with van der Waals surface area (Å²) < 4.78 is 13.8. The van der Waals surface area contributed by atoms with Crippen LogP contribution in [0.15, 0.2) is 48.8 Å². The predicted octanol–water partition coefficient (Wildman–Crippen LogP) is 2.75. The van der Waals surface area contributed by atoms with Gasteiger partial charge < -0.3 is 10.0 Å². The van der Waals surface area contributed by atoms with Gasteiger partial charge in [0.15, 0.2) is 0 Å². The fraction of sp³-hybridized carbons (Fsp3) is 0.400. The van der Waals surface area contributed by atoms with Crippen molar-refractivity contribution in [1.82, 2.24) is 9.88 Å². The minimum absolute atomic E-state index is 0.0943. The van der Waals surface area contributed by atoms with Gasteiger partial charge in [-0.3, -0.25) is 9.78 Å². The third kappa shape index (κ3) is 4.63. The fourth-order valence-corrected chi connectivity index (χ4v) is 3.30. The monoisotopic (exact) mass is 342 g/mol. The van der Waals surface area contributed by atoms with E-state index in [0.717, 1.165) is 5.56 Å². The number of halogens is 1. The van der Waals surface area contributed by atoms with Crippen LogP contribution < -0.4 is 0 Å². The second-order valence-corrected chi connectivity index (χ2v) is 6.73. The van der Waals surface area contributed by atoms with Crippen LogP contribution >= 0.6 is 0 Å². The molecule has 0 spiro atoms. The summed E-state index contributed by atoms with van der Waals surface area (Å²) in [6, 6.07) is 10.4. The first-order valence-electron chi connectivity index (χ1n) is 8.68. The molecule has 1 fully saturated rings. The number of likely N-dealkylation sites (tertiary alicyclic amines) is 1. The highest BCUT2D eigenvalue weighted by molar-refractivity contribution is 5.76. The lowest BCUT2D eigenvalue weighted by Crippen LogP contribution is -2.47. The normalized spacial score (nSPS) is 16.6. The van der Waals surface area contributed by atoms with E-state index in [4.69, 9.17) is 0 Å². The van der Waals surface area contributed by atoms with E-state index in [1.165, 1.54) is 6.07 Å². The molecular formula is C20H23FN2O2. The van der Waals surface area contributed by atoms with Crippen molar-refractivity contribution < 1.29 is 14.3 Å². The Kier molecular flexibility index (Phi) is 5.43. The minimum Gasteiger partial charge on any atom is -0.389 e. The molecule has 5 heteroatoms. The van der Waals surface area contributed by atoms with E-state index in [1.54, 1.807) is 35.5 Å². The first kappa shape index (κ1) is 17.5. The minimum atomic E-state index is -0.942. The third-order valence-corrected chi connectivity index (χ3v) is 4.87. The van der Waals surface area contributed by atoms with Crippen molar-refractivity contribution in [3.8, 4) is 0 Å². The van der Waals surface area contributed by atoms with Crippen molar-refractivity contribution in [2.45, 2.75) is 37.7 Å². The molecular weight excluding hydrogens is 319 g/mol. The lowest BCUT2D eigenvalue weighted by Gasteiger charge is -2.38. The Labute approximate surface area is 147 Å². The standard InChI is InChI=1S/C20H23FN2O2/c21-18-6-2-1-5-17(18)14-20(25)9-12-23(13-10-20)19(24)8-7-16-4-3-11-22-15-16/h1-6,11,15,25H,7-10,12-14H2. The summed E-state index contributed by atoms with van der Waals surface area (Å²) in [4.78, 5) is 18.2. The molecule has 0 saturated carbocycles. The number of piperidine rings is 1. The zero-order chi connectivity index (χ0) is 17.7. The number of amides is 1. The molecule has 3 rings (SSSR count). The highest BCUT2D eigenvalue weighted by Crippen LogP contribution is 2.27.